The largest absolute Gasteiger partial charge is 0.364 e. The molecule has 0 radical (unpaired) electrons. The molecule has 0 atom stereocenters. The molecule has 16 heavy (non-hydrogen) atoms. The van der Waals surface area contributed by atoms with Gasteiger partial charge in [-0.25, -0.2) is 0 Å². The van der Waals surface area contributed by atoms with E-state index in [0.29, 0.717) is 13.2 Å². The first kappa shape index (κ1) is 12.3. The minimum atomic E-state index is 0.454. The SMILES string of the molecule is CC(C)=C=CCOCC#Cc1ccccc1. The van der Waals surface area contributed by atoms with Crippen molar-refractivity contribution in [1.29, 1.82) is 0 Å². The monoisotopic (exact) mass is 212 g/mol. The van der Waals surface area contributed by atoms with Gasteiger partial charge in [0.2, 0.25) is 0 Å². The molecular formula is C15H16O. The summed E-state index contributed by atoms with van der Waals surface area (Å²) in [5.41, 5.74) is 5.24. The lowest BCUT2D eigenvalue weighted by Crippen LogP contribution is -1.90. The first-order valence-electron chi connectivity index (χ1n) is 5.29. The molecule has 0 bridgehead atoms. The van der Waals surface area contributed by atoms with E-state index in [9.17, 15) is 0 Å². The van der Waals surface area contributed by atoms with Crippen LogP contribution < -0.4 is 0 Å². The summed E-state index contributed by atoms with van der Waals surface area (Å²) in [5.74, 6) is 5.99. The van der Waals surface area contributed by atoms with E-state index in [4.69, 9.17) is 4.74 Å². The number of ether oxygens (including phenoxy) is 1. The third kappa shape index (κ3) is 5.88. The Hall–Kier alpha value is -1.74. The zero-order valence-electron chi connectivity index (χ0n) is 9.79. The third-order valence-electron chi connectivity index (χ3n) is 1.77. The number of hydrogen-bond acceptors (Lipinski definition) is 1. The fraction of sp³-hybridized carbons (Fsp3) is 0.267. The molecule has 1 nitrogen and oxygen atoms in total. The van der Waals surface area contributed by atoms with E-state index in [-0.39, 0.29) is 0 Å². The zero-order chi connectivity index (χ0) is 11.6. The Kier molecular flexibility index (Phi) is 5.81. The highest BCUT2D eigenvalue weighted by molar-refractivity contribution is 5.33. The van der Waals surface area contributed by atoms with Gasteiger partial charge >= 0.3 is 0 Å². The molecule has 0 spiro atoms. The van der Waals surface area contributed by atoms with Crippen LogP contribution in [0.1, 0.15) is 19.4 Å². The second-order valence-corrected chi connectivity index (χ2v) is 3.53. The highest BCUT2D eigenvalue weighted by Crippen LogP contribution is 1.94. The molecule has 0 saturated carbocycles. The lowest BCUT2D eigenvalue weighted by molar-refractivity contribution is 0.199. The van der Waals surface area contributed by atoms with Gasteiger partial charge < -0.3 is 4.74 Å². The fourth-order valence-corrected chi connectivity index (χ4v) is 1.07. The molecule has 0 aromatic heterocycles. The van der Waals surface area contributed by atoms with Gasteiger partial charge in [-0.3, -0.25) is 0 Å². The van der Waals surface area contributed by atoms with Crippen LogP contribution in [0, 0.1) is 11.8 Å². The van der Waals surface area contributed by atoms with E-state index in [1.54, 1.807) is 0 Å². The maximum atomic E-state index is 5.30. The molecule has 1 aromatic rings. The molecule has 1 heteroatoms. The maximum absolute atomic E-state index is 5.30. The van der Waals surface area contributed by atoms with E-state index in [2.05, 4.69) is 17.6 Å². The van der Waals surface area contributed by atoms with Gasteiger partial charge in [-0.2, -0.15) is 0 Å². The molecule has 0 heterocycles. The summed E-state index contributed by atoms with van der Waals surface area (Å²) in [6, 6.07) is 9.89. The lowest BCUT2D eigenvalue weighted by Gasteiger charge is -1.91. The van der Waals surface area contributed by atoms with Crippen LogP contribution in [0.4, 0.5) is 0 Å². The van der Waals surface area contributed by atoms with Crippen molar-refractivity contribution in [2.24, 2.45) is 0 Å². The summed E-state index contributed by atoms with van der Waals surface area (Å²) in [4.78, 5) is 0. The molecule has 0 saturated heterocycles. The standard InChI is InChI=1S/C15H16O/c1-14(2)8-6-12-16-13-7-11-15-9-4-3-5-10-15/h3-6,9-10H,12-13H2,1-2H3. The Labute approximate surface area is 97.4 Å². The van der Waals surface area contributed by atoms with Gasteiger partial charge in [0.05, 0.1) is 6.61 Å². The van der Waals surface area contributed by atoms with Gasteiger partial charge in [0.1, 0.15) is 6.61 Å². The quantitative estimate of drug-likeness (QED) is 0.425. The molecule has 0 amide bonds. The predicted molar refractivity (Wildman–Crippen MR) is 67.1 cm³/mol. The van der Waals surface area contributed by atoms with E-state index in [1.807, 2.05) is 50.3 Å². The van der Waals surface area contributed by atoms with Crippen molar-refractivity contribution >= 4 is 0 Å². The van der Waals surface area contributed by atoms with Crippen LogP contribution in [0.25, 0.3) is 0 Å². The van der Waals surface area contributed by atoms with Crippen LogP contribution >= 0.6 is 0 Å². The minimum Gasteiger partial charge on any atom is -0.364 e. The van der Waals surface area contributed by atoms with Gasteiger partial charge in [0, 0.05) is 5.56 Å². The van der Waals surface area contributed by atoms with Crippen LogP contribution in [-0.2, 0) is 4.74 Å². The molecule has 0 aliphatic rings. The first-order valence-corrected chi connectivity index (χ1v) is 5.29. The molecular weight excluding hydrogens is 196 g/mol. The molecule has 1 rings (SSSR count). The van der Waals surface area contributed by atoms with E-state index in [0.717, 1.165) is 11.1 Å². The second kappa shape index (κ2) is 7.54. The maximum Gasteiger partial charge on any atom is 0.108 e. The number of hydrogen-bond donors (Lipinski definition) is 0. The Morgan fingerprint density at radius 3 is 2.69 bits per heavy atom. The second-order valence-electron chi connectivity index (χ2n) is 3.53. The summed E-state index contributed by atoms with van der Waals surface area (Å²) < 4.78 is 5.30. The van der Waals surface area contributed by atoms with E-state index >= 15 is 0 Å². The summed E-state index contributed by atoms with van der Waals surface area (Å²) in [5, 5.41) is 0. The van der Waals surface area contributed by atoms with Crippen LogP contribution in [0.2, 0.25) is 0 Å². The third-order valence-corrected chi connectivity index (χ3v) is 1.77. The molecule has 0 fully saturated rings. The summed E-state index contributed by atoms with van der Waals surface area (Å²) >= 11 is 0. The Bertz CT molecular complexity index is 421. The highest BCUT2D eigenvalue weighted by atomic mass is 16.5. The summed E-state index contributed by atoms with van der Waals surface area (Å²) in [6.07, 6.45) is 1.87. The van der Waals surface area contributed by atoms with Crippen LogP contribution in [0.3, 0.4) is 0 Å². The topological polar surface area (TPSA) is 9.23 Å². The lowest BCUT2D eigenvalue weighted by atomic mass is 10.2. The molecule has 1 aromatic carbocycles. The van der Waals surface area contributed by atoms with Gasteiger partial charge in [-0.1, -0.05) is 30.0 Å². The van der Waals surface area contributed by atoms with Gasteiger partial charge in [0.25, 0.3) is 0 Å². The predicted octanol–water partition coefficient (Wildman–Crippen LogP) is 3.18. The van der Waals surface area contributed by atoms with Crippen molar-refractivity contribution in [3.8, 4) is 11.8 Å². The van der Waals surface area contributed by atoms with Crippen LogP contribution in [0.5, 0.6) is 0 Å². The molecule has 0 N–H and O–H groups in total. The van der Waals surface area contributed by atoms with Crippen molar-refractivity contribution in [1.82, 2.24) is 0 Å². The summed E-state index contributed by atoms with van der Waals surface area (Å²) in [6.45, 7) is 5.03. The van der Waals surface area contributed by atoms with Gasteiger partial charge in [-0.05, 0) is 37.6 Å². The normalized spacial score (nSPS) is 8.62. The Morgan fingerprint density at radius 1 is 1.25 bits per heavy atom. The van der Waals surface area contributed by atoms with Crippen molar-refractivity contribution < 1.29 is 4.74 Å². The van der Waals surface area contributed by atoms with Crippen molar-refractivity contribution in [3.63, 3.8) is 0 Å². The zero-order valence-corrected chi connectivity index (χ0v) is 9.79. The minimum absolute atomic E-state index is 0.454. The number of rotatable bonds is 3. The molecule has 0 aliphatic carbocycles. The smallest absolute Gasteiger partial charge is 0.108 e. The summed E-state index contributed by atoms with van der Waals surface area (Å²) in [7, 11) is 0. The van der Waals surface area contributed by atoms with Crippen molar-refractivity contribution in [3.05, 3.63) is 53.3 Å². The average Bonchev–Trinajstić information content (AvgIpc) is 2.29. The Morgan fingerprint density at radius 2 is 2.00 bits per heavy atom. The van der Waals surface area contributed by atoms with Crippen LogP contribution in [-0.4, -0.2) is 13.2 Å². The Balaban J connectivity index is 2.27. The highest BCUT2D eigenvalue weighted by Gasteiger charge is 1.81. The van der Waals surface area contributed by atoms with Crippen LogP contribution in [0.15, 0.2) is 47.7 Å². The molecule has 0 aliphatic heterocycles. The average molecular weight is 212 g/mol. The molecule has 82 valence electrons. The van der Waals surface area contributed by atoms with E-state index < -0.39 is 0 Å². The van der Waals surface area contributed by atoms with Gasteiger partial charge in [-0.15, -0.1) is 5.73 Å². The molecule has 0 unspecified atom stereocenters. The van der Waals surface area contributed by atoms with Crippen molar-refractivity contribution in [2.75, 3.05) is 13.2 Å². The van der Waals surface area contributed by atoms with Crippen molar-refractivity contribution in [2.45, 2.75) is 13.8 Å². The first-order chi connectivity index (χ1) is 7.79. The van der Waals surface area contributed by atoms with Gasteiger partial charge in [0.15, 0.2) is 0 Å². The van der Waals surface area contributed by atoms with E-state index in [1.165, 1.54) is 0 Å². The number of benzene rings is 1. The fourth-order valence-electron chi connectivity index (χ4n) is 1.07.